The van der Waals surface area contributed by atoms with E-state index in [2.05, 4.69) is 19.2 Å². The molecule has 2 N–H and O–H groups in total. The second-order valence-corrected chi connectivity index (χ2v) is 5.96. The van der Waals surface area contributed by atoms with Gasteiger partial charge >= 0.3 is 0 Å². The third kappa shape index (κ3) is 3.97. The number of nitrogens with zero attached hydrogens (tertiary/aromatic N) is 1. The predicted octanol–water partition coefficient (Wildman–Crippen LogP) is 2.10. The Morgan fingerprint density at radius 2 is 2.05 bits per heavy atom. The Morgan fingerprint density at radius 1 is 1.35 bits per heavy atom. The molecule has 1 saturated heterocycles. The highest BCUT2D eigenvalue weighted by molar-refractivity contribution is 5.81. The van der Waals surface area contributed by atoms with Crippen molar-refractivity contribution in [1.82, 2.24) is 4.90 Å². The normalized spacial score (nSPS) is 22.6. The number of hydrogen-bond acceptors (Lipinski definition) is 3. The molecule has 1 aromatic carbocycles. The minimum Gasteiger partial charge on any atom is -0.392 e. The second kappa shape index (κ2) is 6.75. The molecule has 0 saturated carbocycles. The zero-order valence-electron chi connectivity index (χ0n) is 12.3. The largest absolute Gasteiger partial charge is 0.392 e. The minimum absolute atomic E-state index is 0.0185. The van der Waals surface area contributed by atoms with Crippen LogP contribution in [0.1, 0.15) is 25.8 Å². The Labute approximate surface area is 120 Å². The summed E-state index contributed by atoms with van der Waals surface area (Å²) >= 11 is 0. The Kier molecular flexibility index (Phi) is 5.01. The number of carbonyl (C=O) groups is 1. The molecule has 1 amide bonds. The van der Waals surface area contributed by atoms with E-state index >= 15 is 0 Å². The van der Waals surface area contributed by atoms with Crippen molar-refractivity contribution in [3.63, 3.8) is 0 Å². The van der Waals surface area contributed by atoms with Crippen LogP contribution in [0.5, 0.6) is 0 Å². The van der Waals surface area contributed by atoms with E-state index in [0.717, 1.165) is 24.3 Å². The average Bonchev–Trinajstić information content (AvgIpc) is 2.44. The number of aliphatic hydroxyl groups is 1. The third-order valence-corrected chi connectivity index (χ3v) is 3.77. The highest BCUT2D eigenvalue weighted by atomic mass is 16.3. The molecule has 2 rings (SSSR count). The van der Waals surface area contributed by atoms with Gasteiger partial charge in [-0.1, -0.05) is 26.0 Å². The first-order valence-corrected chi connectivity index (χ1v) is 7.30. The maximum absolute atomic E-state index is 12.2. The van der Waals surface area contributed by atoms with Gasteiger partial charge in [0.2, 0.25) is 5.91 Å². The van der Waals surface area contributed by atoms with Crippen molar-refractivity contribution in [2.24, 2.45) is 11.8 Å². The van der Waals surface area contributed by atoms with Gasteiger partial charge in [-0.3, -0.25) is 4.79 Å². The average molecular weight is 276 g/mol. The fourth-order valence-corrected chi connectivity index (χ4v) is 2.94. The Balaban J connectivity index is 1.88. The fourth-order valence-electron chi connectivity index (χ4n) is 2.94. The summed E-state index contributed by atoms with van der Waals surface area (Å²) in [6, 6.07) is 7.52. The van der Waals surface area contributed by atoms with E-state index in [4.69, 9.17) is 5.11 Å². The topological polar surface area (TPSA) is 52.6 Å². The molecule has 0 bridgehead atoms. The van der Waals surface area contributed by atoms with E-state index in [0.29, 0.717) is 18.4 Å². The van der Waals surface area contributed by atoms with Crippen molar-refractivity contribution < 1.29 is 9.90 Å². The molecule has 1 heterocycles. The zero-order chi connectivity index (χ0) is 14.5. The van der Waals surface area contributed by atoms with Crippen LogP contribution in [0.4, 0.5) is 5.69 Å². The maximum Gasteiger partial charge on any atom is 0.241 e. The minimum atomic E-state index is 0.0185. The van der Waals surface area contributed by atoms with Gasteiger partial charge in [-0.25, -0.2) is 0 Å². The molecule has 1 aromatic rings. The van der Waals surface area contributed by atoms with Crippen molar-refractivity contribution >= 4 is 11.6 Å². The number of piperidine rings is 1. The molecule has 0 radical (unpaired) electrons. The second-order valence-electron chi connectivity index (χ2n) is 5.96. The molecule has 110 valence electrons. The van der Waals surface area contributed by atoms with Crippen molar-refractivity contribution in [2.45, 2.75) is 26.9 Å². The Bertz CT molecular complexity index is 452. The van der Waals surface area contributed by atoms with E-state index in [9.17, 15) is 4.79 Å². The van der Waals surface area contributed by atoms with Crippen LogP contribution in [0.15, 0.2) is 24.3 Å². The lowest BCUT2D eigenvalue weighted by Gasteiger charge is -2.35. The molecule has 0 aliphatic carbocycles. The molecule has 4 heteroatoms. The molecule has 1 fully saturated rings. The van der Waals surface area contributed by atoms with Gasteiger partial charge in [0.25, 0.3) is 0 Å². The Hall–Kier alpha value is -1.55. The number of likely N-dealkylation sites (tertiary alicyclic amines) is 1. The smallest absolute Gasteiger partial charge is 0.241 e. The van der Waals surface area contributed by atoms with Crippen LogP contribution < -0.4 is 5.32 Å². The summed E-state index contributed by atoms with van der Waals surface area (Å²) in [4.78, 5) is 14.2. The predicted molar refractivity (Wildman–Crippen MR) is 80.4 cm³/mol. The fraction of sp³-hybridized carbons (Fsp3) is 0.562. The number of aliphatic hydroxyl groups excluding tert-OH is 1. The monoisotopic (exact) mass is 276 g/mol. The molecule has 0 spiro atoms. The zero-order valence-corrected chi connectivity index (χ0v) is 12.3. The summed E-state index contributed by atoms with van der Waals surface area (Å²) in [6.45, 7) is 6.46. The lowest BCUT2D eigenvalue weighted by atomic mass is 9.92. The summed E-state index contributed by atoms with van der Waals surface area (Å²) in [5, 5.41) is 12.2. The van der Waals surface area contributed by atoms with Gasteiger partial charge in [-0.05, 0) is 36.0 Å². The van der Waals surface area contributed by atoms with Gasteiger partial charge in [0.15, 0.2) is 0 Å². The maximum atomic E-state index is 12.2. The van der Waals surface area contributed by atoms with Crippen LogP contribution in [0.25, 0.3) is 0 Å². The molecule has 2 atom stereocenters. The molecule has 0 aromatic heterocycles. The number of nitrogens with one attached hydrogen (secondary N) is 1. The summed E-state index contributed by atoms with van der Waals surface area (Å²) in [6.07, 6.45) is 1.20. The van der Waals surface area contributed by atoms with Crippen LogP contribution in [-0.2, 0) is 11.4 Å². The Morgan fingerprint density at radius 3 is 2.70 bits per heavy atom. The lowest BCUT2D eigenvalue weighted by molar-refractivity contribution is -0.131. The van der Waals surface area contributed by atoms with Crippen LogP contribution in [0.2, 0.25) is 0 Å². The molecule has 1 aliphatic heterocycles. The van der Waals surface area contributed by atoms with Crippen molar-refractivity contribution in [2.75, 3.05) is 25.0 Å². The summed E-state index contributed by atoms with van der Waals surface area (Å²) in [5.74, 6) is 1.32. The SMILES string of the molecule is CC1CC(C)CN(C(=O)CNc2cccc(CO)c2)C1. The third-order valence-electron chi connectivity index (χ3n) is 3.77. The molecular formula is C16H24N2O2. The number of hydrogen-bond donors (Lipinski definition) is 2. The molecule has 20 heavy (non-hydrogen) atoms. The number of anilines is 1. The molecule has 1 aliphatic rings. The first-order chi connectivity index (χ1) is 9.58. The van der Waals surface area contributed by atoms with E-state index in [1.54, 1.807) is 0 Å². The van der Waals surface area contributed by atoms with Gasteiger partial charge in [0, 0.05) is 18.8 Å². The summed E-state index contributed by atoms with van der Waals surface area (Å²) in [5.41, 5.74) is 1.73. The molecule has 4 nitrogen and oxygen atoms in total. The van der Waals surface area contributed by atoms with Gasteiger partial charge in [0.05, 0.1) is 13.2 Å². The van der Waals surface area contributed by atoms with Gasteiger partial charge in [0.1, 0.15) is 0 Å². The lowest BCUT2D eigenvalue weighted by Crippen LogP contribution is -2.44. The highest BCUT2D eigenvalue weighted by Crippen LogP contribution is 2.21. The van der Waals surface area contributed by atoms with Gasteiger partial charge in [-0.15, -0.1) is 0 Å². The van der Waals surface area contributed by atoms with Crippen LogP contribution in [0, 0.1) is 11.8 Å². The highest BCUT2D eigenvalue weighted by Gasteiger charge is 2.24. The van der Waals surface area contributed by atoms with E-state index in [1.165, 1.54) is 6.42 Å². The number of amides is 1. The van der Waals surface area contributed by atoms with Crippen LogP contribution in [0.3, 0.4) is 0 Å². The summed E-state index contributed by atoms with van der Waals surface area (Å²) in [7, 11) is 0. The van der Waals surface area contributed by atoms with Gasteiger partial charge < -0.3 is 15.3 Å². The number of carbonyl (C=O) groups excluding carboxylic acids is 1. The van der Waals surface area contributed by atoms with E-state index in [-0.39, 0.29) is 12.5 Å². The van der Waals surface area contributed by atoms with E-state index in [1.807, 2.05) is 29.2 Å². The van der Waals surface area contributed by atoms with Crippen molar-refractivity contribution in [3.8, 4) is 0 Å². The van der Waals surface area contributed by atoms with Gasteiger partial charge in [-0.2, -0.15) is 0 Å². The quantitative estimate of drug-likeness (QED) is 0.885. The van der Waals surface area contributed by atoms with Crippen molar-refractivity contribution in [1.29, 1.82) is 0 Å². The van der Waals surface area contributed by atoms with Crippen LogP contribution in [-0.4, -0.2) is 35.5 Å². The van der Waals surface area contributed by atoms with E-state index < -0.39 is 0 Å². The van der Waals surface area contributed by atoms with Crippen LogP contribution >= 0.6 is 0 Å². The summed E-state index contributed by atoms with van der Waals surface area (Å²) < 4.78 is 0. The number of rotatable bonds is 4. The first-order valence-electron chi connectivity index (χ1n) is 7.30. The number of benzene rings is 1. The standard InChI is InChI=1S/C16H24N2O2/c1-12-6-13(2)10-18(9-12)16(20)8-17-15-5-3-4-14(7-15)11-19/h3-5,7,12-13,17,19H,6,8-11H2,1-2H3. The molecular weight excluding hydrogens is 252 g/mol. The van der Waals surface area contributed by atoms with Crippen molar-refractivity contribution in [3.05, 3.63) is 29.8 Å². The first kappa shape index (κ1) is 14.9. The molecule has 2 unspecified atom stereocenters.